The number of aryl methyl sites for hydroxylation is 2. The fraction of sp³-hybridized carbons (Fsp3) is 0.357. The molecular weight excluding hydrogens is 460 g/mol. The Bertz CT molecular complexity index is 1230. The van der Waals surface area contributed by atoms with Crippen molar-refractivity contribution in [2.75, 3.05) is 27.9 Å². The summed E-state index contributed by atoms with van der Waals surface area (Å²) in [6.45, 7) is 4.76. The zero-order valence-corrected chi connectivity index (χ0v) is 21.4. The minimum absolute atomic E-state index is 0.0438. The van der Waals surface area contributed by atoms with Gasteiger partial charge in [0.1, 0.15) is 23.9 Å². The first-order valence-corrected chi connectivity index (χ1v) is 11.9. The van der Waals surface area contributed by atoms with Gasteiger partial charge in [0.2, 0.25) is 5.91 Å². The molecule has 0 spiro atoms. The van der Waals surface area contributed by atoms with E-state index in [2.05, 4.69) is 5.16 Å². The third-order valence-electron chi connectivity index (χ3n) is 6.49. The first-order valence-electron chi connectivity index (χ1n) is 11.9. The molecule has 0 radical (unpaired) electrons. The zero-order valence-electron chi connectivity index (χ0n) is 21.4. The van der Waals surface area contributed by atoms with Crippen molar-refractivity contribution < 1.29 is 28.3 Å². The van der Waals surface area contributed by atoms with E-state index in [0.717, 1.165) is 52.5 Å². The lowest BCUT2D eigenvalue weighted by molar-refractivity contribution is -0.126. The lowest BCUT2D eigenvalue weighted by atomic mass is 10.0. The number of methoxy groups -OCH3 is 3. The molecule has 3 aromatic rings. The van der Waals surface area contributed by atoms with Crippen molar-refractivity contribution in [1.82, 2.24) is 10.1 Å². The summed E-state index contributed by atoms with van der Waals surface area (Å²) < 4.78 is 27.6. The Balaban J connectivity index is 1.46. The molecule has 1 fully saturated rings. The van der Waals surface area contributed by atoms with E-state index in [-0.39, 0.29) is 11.9 Å². The van der Waals surface area contributed by atoms with Crippen molar-refractivity contribution in [3.8, 4) is 23.0 Å². The van der Waals surface area contributed by atoms with Gasteiger partial charge >= 0.3 is 0 Å². The van der Waals surface area contributed by atoms with Crippen LogP contribution in [0.4, 0.5) is 0 Å². The van der Waals surface area contributed by atoms with Crippen LogP contribution in [0.25, 0.3) is 6.08 Å². The molecule has 1 unspecified atom stereocenters. The van der Waals surface area contributed by atoms with E-state index in [9.17, 15) is 4.79 Å². The van der Waals surface area contributed by atoms with Crippen LogP contribution in [-0.4, -0.2) is 43.8 Å². The zero-order chi connectivity index (χ0) is 25.7. The second-order valence-corrected chi connectivity index (χ2v) is 8.63. The standard InChI is InChI=1S/C28H32N2O6/c1-18-23(19(2)36-29-18)17-35-25-12-8-20(15-27(25)34-5)9-13-28(31)30-14-6-7-24(30)22-11-10-21(32-3)16-26(22)33-4/h8-13,15-16,24H,6-7,14,17H2,1-5H3/b13-9+. The van der Waals surface area contributed by atoms with Gasteiger partial charge in [0.25, 0.3) is 0 Å². The van der Waals surface area contributed by atoms with Gasteiger partial charge < -0.3 is 28.4 Å². The van der Waals surface area contributed by atoms with Crippen LogP contribution in [0.15, 0.2) is 47.0 Å². The maximum Gasteiger partial charge on any atom is 0.247 e. The van der Waals surface area contributed by atoms with Crippen molar-refractivity contribution in [2.45, 2.75) is 39.3 Å². The first-order chi connectivity index (χ1) is 17.4. The highest BCUT2D eigenvalue weighted by molar-refractivity contribution is 5.92. The highest BCUT2D eigenvalue weighted by Gasteiger charge is 2.31. The molecule has 1 aromatic heterocycles. The number of hydrogen-bond acceptors (Lipinski definition) is 7. The molecule has 1 amide bonds. The number of rotatable bonds is 9. The predicted molar refractivity (Wildman–Crippen MR) is 136 cm³/mol. The van der Waals surface area contributed by atoms with Crippen LogP contribution < -0.4 is 18.9 Å². The average Bonchev–Trinajstić information content (AvgIpc) is 3.52. The molecular formula is C28H32N2O6. The van der Waals surface area contributed by atoms with E-state index < -0.39 is 0 Å². The number of likely N-dealkylation sites (tertiary alicyclic amines) is 1. The van der Waals surface area contributed by atoms with Gasteiger partial charge in [0.05, 0.1) is 38.6 Å². The Morgan fingerprint density at radius 3 is 2.56 bits per heavy atom. The Hall–Kier alpha value is -3.94. The number of amides is 1. The van der Waals surface area contributed by atoms with Crippen LogP contribution in [0.2, 0.25) is 0 Å². The summed E-state index contributed by atoms with van der Waals surface area (Å²) in [5.41, 5.74) is 3.54. The second-order valence-electron chi connectivity index (χ2n) is 8.63. The van der Waals surface area contributed by atoms with Gasteiger partial charge in [-0.3, -0.25) is 4.79 Å². The minimum atomic E-state index is -0.0481. The maximum absolute atomic E-state index is 13.1. The van der Waals surface area contributed by atoms with E-state index in [1.807, 2.05) is 55.1 Å². The molecule has 1 saturated heterocycles. The molecule has 8 heteroatoms. The number of ether oxygens (including phenoxy) is 4. The van der Waals surface area contributed by atoms with E-state index >= 15 is 0 Å². The number of hydrogen-bond donors (Lipinski definition) is 0. The van der Waals surface area contributed by atoms with Crippen LogP contribution in [0.3, 0.4) is 0 Å². The summed E-state index contributed by atoms with van der Waals surface area (Å²) in [6.07, 6.45) is 5.22. The molecule has 4 rings (SSSR count). The molecule has 0 aliphatic carbocycles. The highest BCUT2D eigenvalue weighted by Crippen LogP contribution is 2.39. The van der Waals surface area contributed by atoms with E-state index in [1.165, 1.54) is 0 Å². The number of carbonyl (C=O) groups excluding carboxylic acids is 1. The van der Waals surface area contributed by atoms with Gasteiger partial charge in [0.15, 0.2) is 11.5 Å². The van der Waals surface area contributed by atoms with Gasteiger partial charge in [-0.05, 0) is 62.6 Å². The third kappa shape index (κ3) is 5.32. The van der Waals surface area contributed by atoms with Gasteiger partial charge in [-0.25, -0.2) is 0 Å². The summed E-state index contributed by atoms with van der Waals surface area (Å²) in [4.78, 5) is 15.0. The molecule has 2 heterocycles. The largest absolute Gasteiger partial charge is 0.497 e. The van der Waals surface area contributed by atoms with E-state index in [1.54, 1.807) is 33.5 Å². The fourth-order valence-electron chi connectivity index (χ4n) is 4.48. The van der Waals surface area contributed by atoms with Gasteiger partial charge in [-0.2, -0.15) is 0 Å². The Morgan fingerprint density at radius 2 is 1.86 bits per heavy atom. The van der Waals surface area contributed by atoms with Crippen LogP contribution in [-0.2, 0) is 11.4 Å². The quantitative estimate of drug-likeness (QED) is 0.376. The molecule has 1 aliphatic heterocycles. The lowest BCUT2D eigenvalue weighted by Gasteiger charge is -2.25. The molecule has 1 aliphatic rings. The second kappa shape index (κ2) is 11.2. The molecule has 8 nitrogen and oxygen atoms in total. The Kier molecular flexibility index (Phi) is 7.83. The smallest absolute Gasteiger partial charge is 0.247 e. The highest BCUT2D eigenvalue weighted by atomic mass is 16.5. The van der Waals surface area contributed by atoms with Gasteiger partial charge in [-0.15, -0.1) is 0 Å². The van der Waals surface area contributed by atoms with Crippen molar-refractivity contribution in [2.24, 2.45) is 0 Å². The van der Waals surface area contributed by atoms with Gasteiger partial charge in [0, 0.05) is 24.3 Å². The molecule has 36 heavy (non-hydrogen) atoms. The fourth-order valence-corrected chi connectivity index (χ4v) is 4.48. The van der Waals surface area contributed by atoms with Crippen molar-refractivity contribution in [3.63, 3.8) is 0 Å². The summed E-state index contributed by atoms with van der Waals surface area (Å²) in [5.74, 6) is 3.31. The summed E-state index contributed by atoms with van der Waals surface area (Å²) in [5, 5.41) is 3.96. The normalized spacial score (nSPS) is 15.4. The summed E-state index contributed by atoms with van der Waals surface area (Å²) in [7, 11) is 4.85. The Labute approximate surface area is 211 Å². The molecule has 2 aromatic carbocycles. The van der Waals surface area contributed by atoms with E-state index in [4.69, 9.17) is 23.5 Å². The third-order valence-corrected chi connectivity index (χ3v) is 6.49. The van der Waals surface area contributed by atoms with Crippen molar-refractivity contribution in [1.29, 1.82) is 0 Å². The van der Waals surface area contributed by atoms with E-state index in [0.29, 0.717) is 24.7 Å². The van der Waals surface area contributed by atoms with Crippen LogP contribution in [0.1, 0.15) is 47.0 Å². The molecule has 0 N–H and O–H groups in total. The van der Waals surface area contributed by atoms with Crippen molar-refractivity contribution in [3.05, 3.63) is 70.6 Å². The van der Waals surface area contributed by atoms with Crippen molar-refractivity contribution >= 4 is 12.0 Å². The lowest BCUT2D eigenvalue weighted by Crippen LogP contribution is -2.29. The maximum atomic E-state index is 13.1. The average molecular weight is 493 g/mol. The number of carbonyl (C=O) groups is 1. The molecule has 190 valence electrons. The Morgan fingerprint density at radius 1 is 1.06 bits per heavy atom. The SMILES string of the molecule is COc1ccc(C2CCCN2C(=O)/C=C/c2ccc(OCc3c(C)noc3C)c(OC)c2)c(OC)c1. The number of aromatic nitrogens is 1. The first kappa shape index (κ1) is 25.2. The number of benzene rings is 2. The van der Waals surface area contributed by atoms with Crippen LogP contribution >= 0.6 is 0 Å². The molecule has 0 bridgehead atoms. The molecule has 0 saturated carbocycles. The summed E-state index contributed by atoms with van der Waals surface area (Å²) >= 11 is 0. The predicted octanol–water partition coefficient (Wildman–Crippen LogP) is 5.27. The minimum Gasteiger partial charge on any atom is -0.497 e. The van der Waals surface area contributed by atoms with Crippen LogP contribution in [0, 0.1) is 13.8 Å². The van der Waals surface area contributed by atoms with Gasteiger partial charge in [-0.1, -0.05) is 11.2 Å². The monoisotopic (exact) mass is 492 g/mol. The number of nitrogens with zero attached hydrogens (tertiary/aromatic N) is 2. The summed E-state index contributed by atoms with van der Waals surface area (Å²) in [6, 6.07) is 11.3. The topological polar surface area (TPSA) is 83.3 Å². The van der Waals surface area contributed by atoms with Crippen LogP contribution in [0.5, 0.6) is 23.0 Å². The molecule has 1 atom stereocenters.